The molecule has 0 amide bonds. The van der Waals surface area contributed by atoms with Crippen LogP contribution in [0.2, 0.25) is 0 Å². The average Bonchev–Trinajstić information content (AvgIpc) is 3.37. The predicted molar refractivity (Wildman–Crippen MR) is 136 cm³/mol. The summed E-state index contributed by atoms with van der Waals surface area (Å²) >= 11 is 0. The number of ether oxygens (including phenoxy) is 3. The zero-order chi connectivity index (χ0) is 25.1. The fraction of sp³-hybridized carbons (Fsp3) is 0.192. The standard InChI is InChI=1S/C26H25N7O3/c1-32-15-17(13-29-32)24-14-28-22-6-5-18(11-23(22)30-24)33(16-25-27-8-7-26(31-25)36-4)19-9-20(34-2)12-21(10-19)35-3/h5-15H,16H2,1-4H3. The van der Waals surface area contributed by atoms with Crippen LogP contribution >= 0.6 is 0 Å². The number of hydrogen-bond acceptors (Lipinski definition) is 9. The van der Waals surface area contributed by atoms with Gasteiger partial charge in [0.2, 0.25) is 5.88 Å². The van der Waals surface area contributed by atoms with Crippen molar-refractivity contribution in [2.75, 3.05) is 26.2 Å². The summed E-state index contributed by atoms with van der Waals surface area (Å²) < 4.78 is 18.1. The molecule has 0 aliphatic heterocycles. The van der Waals surface area contributed by atoms with Crippen molar-refractivity contribution in [3.63, 3.8) is 0 Å². The highest BCUT2D eigenvalue weighted by Crippen LogP contribution is 2.35. The van der Waals surface area contributed by atoms with Crippen molar-refractivity contribution in [2.24, 2.45) is 7.05 Å². The lowest BCUT2D eigenvalue weighted by Crippen LogP contribution is -2.18. The highest BCUT2D eigenvalue weighted by Gasteiger charge is 2.17. The Bertz CT molecular complexity index is 1500. The van der Waals surface area contributed by atoms with Crippen LogP contribution < -0.4 is 19.1 Å². The Morgan fingerprint density at radius 3 is 2.31 bits per heavy atom. The van der Waals surface area contributed by atoms with Gasteiger partial charge in [0.1, 0.15) is 11.5 Å². The Hall–Kier alpha value is -4.73. The first-order valence-electron chi connectivity index (χ1n) is 11.2. The maximum absolute atomic E-state index is 5.52. The molecule has 0 unspecified atom stereocenters. The summed E-state index contributed by atoms with van der Waals surface area (Å²) in [5.74, 6) is 2.42. The van der Waals surface area contributed by atoms with Crippen LogP contribution in [0.1, 0.15) is 5.82 Å². The maximum Gasteiger partial charge on any atom is 0.216 e. The number of aryl methyl sites for hydroxylation is 1. The number of rotatable bonds is 8. The second-order valence-electron chi connectivity index (χ2n) is 8.00. The van der Waals surface area contributed by atoms with Crippen LogP contribution in [0.5, 0.6) is 17.4 Å². The molecule has 5 rings (SSSR count). The van der Waals surface area contributed by atoms with E-state index in [0.717, 1.165) is 33.7 Å². The Kier molecular flexibility index (Phi) is 6.31. The van der Waals surface area contributed by atoms with Crippen LogP contribution in [-0.4, -0.2) is 51.0 Å². The van der Waals surface area contributed by atoms with Gasteiger partial charge in [0.25, 0.3) is 0 Å². The first-order valence-corrected chi connectivity index (χ1v) is 11.2. The molecule has 5 aromatic rings. The Morgan fingerprint density at radius 2 is 1.61 bits per heavy atom. The lowest BCUT2D eigenvalue weighted by molar-refractivity contribution is 0.393. The number of fused-ring (bicyclic) bond motifs is 1. The molecule has 0 aliphatic rings. The summed E-state index contributed by atoms with van der Waals surface area (Å²) in [6.07, 6.45) is 7.12. The summed E-state index contributed by atoms with van der Waals surface area (Å²) in [6.45, 7) is 0.370. The van der Waals surface area contributed by atoms with Crippen LogP contribution in [0.15, 0.2) is 67.3 Å². The topological polar surface area (TPSA) is 100 Å². The first-order chi connectivity index (χ1) is 17.6. The lowest BCUT2D eigenvalue weighted by atomic mass is 10.2. The van der Waals surface area contributed by atoms with Crippen molar-refractivity contribution in [3.8, 4) is 28.6 Å². The molecule has 10 heteroatoms. The van der Waals surface area contributed by atoms with Gasteiger partial charge in [0, 0.05) is 60.6 Å². The van der Waals surface area contributed by atoms with Gasteiger partial charge in [-0.1, -0.05) is 0 Å². The van der Waals surface area contributed by atoms with E-state index in [9.17, 15) is 0 Å². The third kappa shape index (κ3) is 4.74. The van der Waals surface area contributed by atoms with Crippen molar-refractivity contribution < 1.29 is 14.2 Å². The highest BCUT2D eigenvalue weighted by molar-refractivity contribution is 5.82. The van der Waals surface area contributed by atoms with Crippen LogP contribution in [0, 0.1) is 0 Å². The minimum Gasteiger partial charge on any atom is -0.497 e. The molecule has 0 aliphatic carbocycles. The lowest BCUT2D eigenvalue weighted by Gasteiger charge is -2.25. The molecule has 0 atom stereocenters. The first kappa shape index (κ1) is 23.0. The maximum atomic E-state index is 5.52. The Balaban J connectivity index is 1.62. The molecule has 182 valence electrons. The summed E-state index contributed by atoms with van der Waals surface area (Å²) in [6, 6.07) is 13.3. The zero-order valence-corrected chi connectivity index (χ0v) is 20.4. The van der Waals surface area contributed by atoms with Crippen LogP contribution in [0.3, 0.4) is 0 Å². The van der Waals surface area contributed by atoms with E-state index in [-0.39, 0.29) is 0 Å². The van der Waals surface area contributed by atoms with Gasteiger partial charge >= 0.3 is 0 Å². The van der Waals surface area contributed by atoms with Gasteiger partial charge in [-0.05, 0) is 18.2 Å². The summed E-state index contributed by atoms with van der Waals surface area (Å²) in [4.78, 5) is 20.5. The Labute approximate surface area is 208 Å². The fourth-order valence-electron chi connectivity index (χ4n) is 3.85. The minimum absolute atomic E-state index is 0.370. The smallest absolute Gasteiger partial charge is 0.216 e. The molecule has 3 heterocycles. The van der Waals surface area contributed by atoms with Gasteiger partial charge in [0.15, 0.2) is 5.82 Å². The van der Waals surface area contributed by atoms with Crippen molar-refractivity contribution in [3.05, 3.63) is 73.1 Å². The second kappa shape index (κ2) is 9.87. The highest BCUT2D eigenvalue weighted by atomic mass is 16.5. The summed E-state index contributed by atoms with van der Waals surface area (Å²) in [7, 11) is 6.70. The number of hydrogen-bond donors (Lipinski definition) is 0. The van der Waals surface area contributed by atoms with Gasteiger partial charge in [-0.3, -0.25) is 9.67 Å². The number of aromatic nitrogens is 6. The molecule has 0 saturated carbocycles. The molecule has 0 spiro atoms. The van der Waals surface area contributed by atoms with Crippen LogP contribution in [-0.2, 0) is 13.6 Å². The molecule has 0 bridgehead atoms. The van der Waals surface area contributed by atoms with Crippen molar-refractivity contribution in [1.82, 2.24) is 29.7 Å². The van der Waals surface area contributed by atoms with Crippen LogP contribution in [0.4, 0.5) is 11.4 Å². The number of nitrogens with zero attached hydrogens (tertiary/aromatic N) is 7. The van der Waals surface area contributed by atoms with E-state index >= 15 is 0 Å². The molecule has 3 aromatic heterocycles. The predicted octanol–water partition coefficient (Wildman–Crippen LogP) is 4.18. The summed E-state index contributed by atoms with van der Waals surface area (Å²) in [5.41, 5.74) is 4.90. The average molecular weight is 484 g/mol. The third-order valence-electron chi connectivity index (χ3n) is 5.67. The van der Waals surface area contributed by atoms with Crippen molar-refractivity contribution >= 4 is 22.4 Å². The van der Waals surface area contributed by atoms with Crippen molar-refractivity contribution in [1.29, 1.82) is 0 Å². The van der Waals surface area contributed by atoms with Gasteiger partial charge < -0.3 is 19.1 Å². The zero-order valence-electron chi connectivity index (χ0n) is 20.4. The molecule has 10 nitrogen and oxygen atoms in total. The molecule has 2 aromatic carbocycles. The molecule has 0 fully saturated rings. The molecule has 36 heavy (non-hydrogen) atoms. The molecule has 0 N–H and O–H groups in total. The van der Waals surface area contributed by atoms with Gasteiger partial charge in [-0.15, -0.1) is 0 Å². The normalized spacial score (nSPS) is 10.9. The number of benzene rings is 2. The number of methoxy groups -OCH3 is 3. The minimum atomic E-state index is 0.370. The fourth-order valence-corrected chi connectivity index (χ4v) is 3.85. The second-order valence-corrected chi connectivity index (χ2v) is 8.00. The quantitative estimate of drug-likeness (QED) is 0.322. The van der Waals surface area contributed by atoms with Crippen LogP contribution in [0.25, 0.3) is 22.3 Å². The van der Waals surface area contributed by atoms with E-state index in [1.165, 1.54) is 0 Å². The largest absolute Gasteiger partial charge is 0.497 e. The monoisotopic (exact) mass is 483 g/mol. The van der Waals surface area contributed by atoms with Gasteiger partial charge in [-0.25, -0.2) is 9.97 Å². The van der Waals surface area contributed by atoms with E-state index < -0.39 is 0 Å². The van der Waals surface area contributed by atoms with Gasteiger partial charge in [0.05, 0.1) is 57.0 Å². The summed E-state index contributed by atoms with van der Waals surface area (Å²) in [5, 5.41) is 4.24. The van der Waals surface area contributed by atoms with Crippen molar-refractivity contribution in [2.45, 2.75) is 6.54 Å². The molecule has 0 radical (unpaired) electrons. The SMILES string of the molecule is COc1cc(OC)cc(N(Cc2nccc(OC)n2)c2ccc3ncc(-c4cnn(C)c4)nc3c2)c1. The van der Waals surface area contributed by atoms with E-state index in [0.29, 0.717) is 29.7 Å². The molecule has 0 saturated heterocycles. The molecular formula is C26H25N7O3. The van der Waals surface area contributed by atoms with E-state index in [2.05, 4.69) is 25.0 Å². The Morgan fingerprint density at radius 1 is 0.806 bits per heavy atom. The van der Waals surface area contributed by atoms with E-state index in [1.54, 1.807) is 50.7 Å². The third-order valence-corrected chi connectivity index (χ3v) is 5.67. The van der Waals surface area contributed by atoms with E-state index in [1.807, 2.05) is 49.6 Å². The van der Waals surface area contributed by atoms with E-state index in [4.69, 9.17) is 19.2 Å². The van der Waals surface area contributed by atoms with Gasteiger partial charge in [-0.2, -0.15) is 10.1 Å². The molecular weight excluding hydrogens is 458 g/mol. The number of anilines is 2.